The molecule has 1 aromatic heterocycles. The lowest BCUT2D eigenvalue weighted by Gasteiger charge is -2.10. The van der Waals surface area contributed by atoms with Crippen molar-refractivity contribution in [3.63, 3.8) is 0 Å². The van der Waals surface area contributed by atoms with Gasteiger partial charge >= 0.3 is 0 Å². The SMILES string of the molecule is COc1c(C)n(C)cc(CO)c1=O. The summed E-state index contributed by atoms with van der Waals surface area (Å²) < 4.78 is 6.71. The number of aliphatic hydroxyl groups is 1. The lowest BCUT2D eigenvalue weighted by Crippen LogP contribution is -2.17. The molecule has 0 aliphatic heterocycles. The van der Waals surface area contributed by atoms with Crippen LogP contribution in [0, 0.1) is 6.92 Å². The fourth-order valence-corrected chi connectivity index (χ4v) is 1.21. The number of aryl methyl sites for hydroxylation is 1. The van der Waals surface area contributed by atoms with Gasteiger partial charge in [0.05, 0.1) is 19.4 Å². The summed E-state index contributed by atoms with van der Waals surface area (Å²) in [4.78, 5) is 11.5. The highest BCUT2D eigenvalue weighted by molar-refractivity contribution is 5.31. The van der Waals surface area contributed by atoms with Crippen molar-refractivity contribution in [3.8, 4) is 5.75 Å². The molecule has 0 saturated carbocycles. The summed E-state index contributed by atoms with van der Waals surface area (Å²) in [5.41, 5.74) is 0.871. The van der Waals surface area contributed by atoms with Crippen LogP contribution in [0.1, 0.15) is 11.3 Å². The number of aliphatic hydroxyl groups excluding tert-OH is 1. The minimum atomic E-state index is -0.261. The molecule has 0 spiro atoms. The molecule has 0 aliphatic carbocycles. The van der Waals surface area contributed by atoms with E-state index in [1.165, 1.54) is 7.11 Å². The number of pyridine rings is 1. The zero-order valence-electron chi connectivity index (χ0n) is 8.00. The van der Waals surface area contributed by atoms with E-state index < -0.39 is 0 Å². The maximum atomic E-state index is 11.5. The monoisotopic (exact) mass is 183 g/mol. The van der Waals surface area contributed by atoms with Crippen molar-refractivity contribution in [1.29, 1.82) is 0 Å². The first-order chi connectivity index (χ1) is 6.11. The molecule has 0 unspecified atom stereocenters. The first-order valence-corrected chi connectivity index (χ1v) is 3.95. The maximum Gasteiger partial charge on any atom is 0.229 e. The molecule has 0 radical (unpaired) electrons. The molecule has 4 nitrogen and oxygen atoms in total. The van der Waals surface area contributed by atoms with Gasteiger partial charge < -0.3 is 14.4 Å². The summed E-state index contributed by atoms with van der Waals surface area (Å²) in [5.74, 6) is 0.300. The second kappa shape index (κ2) is 3.62. The highest BCUT2D eigenvalue weighted by atomic mass is 16.5. The van der Waals surface area contributed by atoms with Gasteiger partial charge in [0.25, 0.3) is 0 Å². The Bertz CT molecular complexity index is 368. The largest absolute Gasteiger partial charge is 0.491 e. The van der Waals surface area contributed by atoms with Crippen molar-refractivity contribution in [2.24, 2.45) is 7.05 Å². The molecule has 0 fully saturated rings. The van der Waals surface area contributed by atoms with Crippen LogP contribution in [0.25, 0.3) is 0 Å². The normalized spacial score (nSPS) is 10.2. The van der Waals surface area contributed by atoms with Gasteiger partial charge in [0.15, 0.2) is 5.75 Å². The van der Waals surface area contributed by atoms with Crippen molar-refractivity contribution in [2.45, 2.75) is 13.5 Å². The van der Waals surface area contributed by atoms with Crippen LogP contribution in [-0.4, -0.2) is 16.8 Å². The second-order valence-electron chi connectivity index (χ2n) is 2.87. The lowest BCUT2D eigenvalue weighted by atomic mass is 10.2. The number of methoxy groups -OCH3 is 1. The Morgan fingerprint density at radius 2 is 2.23 bits per heavy atom. The lowest BCUT2D eigenvalue weighted by molar-refractivity contribution is 0.278. The number of hydrogen-bond donors (Lipinski definition) is 1. The number of hydrogen-bond acceptors (Lipinski definition) is 3. The summed E-state index contributed by atoms with van der Waals surface area (Å²) in [6.45, 7) is 1.53. The van der Waals surface area contributed by atoms with Crippen molar-refractivity contribution < 1.29 is 9.84 Å². The second-order valence-corrected chi connectivity index (χ2v) is 2.87. The van der Waals surface area contributed by atoms with Crippen LogP contribution in [0.3, 0.4) is 0 Å². The van der Waals surface area contributed by atoms with Crippen LogP contribution >= 0.6 is 0 Å². The van der Waals surface area contributed by atoms with Gasteiger partial charge in [-0.15, -0.1) is 0 Å². The van der Waals surface area contributed by atoms with E-state index in [0.717, 1.165) is 5.69 Å². The molecule has 0 atom stereocenters. The summed E-state index contributed by atoms with van der Waals surface area (Å²) >= 11 is 0. The Labute approximate surface area is 76.4 Å². The summed E-state index contributed by atoms with van der Waals surface area (Å²) in [5, 5.41) is 8.88. The average Bonchev–Trinajstić information content (AvgIpc) is 2.12. The molecule has 0 aromatic carbocycles. The summed E-state index contributed by atoms with van der Waals surface area (Å²) in [6.07, 6.45) is 1.61. The van der Waals surface area contributed by atoms with Gasteiger partial charge in [-0.25, -0.2) is 0 Å². The van der Waals surface area contributed by atoms with Crippen molar-refractivity contribution in [3.05, 3.63) is 27.7 Å². The predicted molar refractivity (Wildman–Crippen MR) is 48.9 cm³/mol. The number of rotatable bonds is 2. The quantitative estimate of drug-likeness (QED) is 0.712. The standard InChI is InChI=1S/C9H13NO3/c1-6-9(13-3)8(12)7(5-11)4-10(6)2/h4,11H,5H2,1-3H3. The van der Waals surface area contributed by atoms with Crippen LogP contribution < -0.4 is 10.2 Å². The van der Waals surface area contributed by atoms with E-state index in [4.69, 9.17) is 9.84 Å². The van der Waals surface area contributed by atoms with E-state index in [9.17, 15) is 4.79 Å². The molecule has 1 aromatic rings. The van der Waals surface area contributed by atoms with Crippen LogP contribution in [-0.2, 0) is 13.7 Å². The predicted octanol–water partition coefficient (Wildman–Crippen LogP) is 0.195. The van der Waals surface area contributed by atoms with E-state index in [1.807, 2.05) is 0 Å². The molecule has 0 bridgehead atoms. The van der Waals surface area contributed by atoms with Gasteiger partial charge in [0.2, 0.25) is 5.43 Å². The third kappa shape index (κ3) is 1.58. The molecule has 4 heteroatoms. The van der Waals surface area contributed by atoms with Crippen LogP contribution in [0.4, 0.5) is 0 Å². The average molecular weight is 183 g/mol. The van der Waals surface area contributed by atoms with Gasteiger partial charge in [0.1, 0.15) is 0 Å². The Balaban J connectivity index is 3.48. The van der Waals surface area contributed by atoms with Gasteiger partial charge in [-0.1, -0.05) is 0 Å². The van der Waals surface area contributed by atoms with Crippen LogP contribution in [0.2, 0.25) is 0 Å². The van der Waals surface area contributed by atoms with Gasteiger partial charge in [-0.05, 0) is 6.92 Å². The molecule has 13 heavy (non-hydrogen) atoms. The van der Waals surface area contributed by atoms with Gasteiger partial charge in [0, 0.05) is 18.8 Å². The minimum absolute atomic E-state index is 0.236. The molecular weight excluding hydrogens is 170 g/mol. The van der Waals surface area contributed by atoms with Gasteiger partial charge in [-0.3, -0.25) is 4.79 Å². The fourth-order valence-electron chi connectivity index (χ4n) is 1.21. The Morgan fingerprint density at radius 1 is 1.62 bits per heavy atom. The first-order valence-electron chi connectivity index (χ1n) is 3.95. The zero-order valence-corrected chi connectivity index (χ0v) is 8.00. The van der Waals surface area contributed by atoms with Crippen LogP contribution in [0.5, 0.6) is 5.75 Å². The van der Waals surface area contributed by atoms with E-state index in [0.29, 0.717) is 11.3 Å². The number of aromatic nitrogens is 1. The van der Waals surface area contributed by atoms with E-state index >= 15 is 0 Å². The molecule has 1 heterocycles. The summed E-state index contributed by atoms with van der Waals surface area (Å²) in [6, 6.07) is 0. The third-order valence-corrected chi connectivity index (χ3v) is 2.08. The van der Waals surface area contributed by atoms with E-state index in [-0.39, 0.29) is 12.0 Å². The fraction of sp³-hybridized carbons (Fsp3) is 0.444. The highest BCUT2D eigenvalue weighted by Crippen LogP contribution is 2.11. The smallest absolute Gasteiger partial charge is 0.229 e. The van der Waals surface area contributed by atoms with Gasteiger partial charge in [-0.2, -0.15) is 0 Å². The van der Waals surface area contributed by atoms with E-state index in [1.54, 1.807) is 24.7 Å². The molecule has 1 N–H and O–H groups in total. The Hall–Kier alpha value is -1.29. The minimum Gasteiger partial charge on any atom is -0.491 e. The zero-order chi connectivity index (χ0) is 10.0. The van der Waals surface area contributed by atoms with E-state index in [2.05, 4.69) is 0 Å². The molecule has 0 saturated heterocycles. The van der Waals surface area contributed by atoms with Crippen molar-refractivity contribution in [2.75, 3.05) is 7.11 Å². The molecular formula is C9H13NO3. The Kier molecular flexibility index (Phi) is 2.72. The number of ether oxygens (including phenoxy) is 1. The third-order valence-electron chi connectivity index (χ3n) is 2.08. The highest BCUT2D eigenvalue weighted by Gasteiger charge is 2.10. The first kappa shape index (κ1) is 9.80. The Morgan fingerprint density at radius 3 is 2.69 bits per heavy atom. The molecule has 0 aliphatic rings. The maximum absolute atomic E-state index is 11.5. The number of nitrogens with zero attached hydrogens (tertiary/aromatic N) is 1. The molecule has 0 amide bonds. The molecule has 72 valence electrons. The van der Waals surface area contributed by atoms with Crippen molar-refractivity contribution in [1.82, 2.24) is 4.57 Å². The van der Waals surface area contributed by atoms with Crippen LogP contribution in [0.15, 0.2) is 11.0 Å². The van der Waals surface area contributed by atoms with Crippen molar-refractivity contribution >= 4 is 0 Å². The molecule has 1 rings (SSSR count). The summed E-state index contributed by atoms with van der Waals surface area (Å²) in [7, 11) is 3.25. The topological polar surface area (TPSA) is 51.5 Å².